The SMILES string of the molecule is CC(C)COc1cccc(C(=O)NCC(=O)N[C@@H](CC(C)C)C(=O)O)c1. The highest BCUT2D eigenvalue weighted by molar-refractivity contribution is 5.97. The van der Waals surface area contributed by atoms with Crippen LogP contribution in [-0.4, -0.2) is 42.1 Å². The number of carbonyl (C=O) groups excluding carboxylic acids is 2. The van der Waals surface area contributed by atoms with Crippen molar-refractivity contribution in [3.63, 3.8) is 0 Å². The fraction of sp³-hybridized carbons (Fsp3) is 0.526. The number of nitrogens with one attached hydrogen (secondary N) is 2. The molecule has 0 saturated carbocycles. The summed E-state index contributed by atoms with van der Waals surface area (Å²) in [5.41, 5.74) is 0.371. The van der Waals surface area contributed by atoms with Crippen LogP contribution in [0.5, 0.6) is 5.75 Å². The zero-order chi connectivity index (χ0) is 19.7. The summed E-state index contributed by atoms with van der Waals surface area (Å²) in [4.78, 5) is 35.2. The van der Waals surface area contributed by atoms with Crippen molar-refractivity contribution >= 4 is 17.8 Å². The van der Waals surface area contributed by atoms with Gasteiger partial charge in [-0.1, -0.05) is 33.8 Å². The molecule has 0 bridgehead atoms. The molecule has 7 heteroatoms. The number of hydrogen-bond acceptors (Lipinski definition) is 4. The zero-order valence-electron chi connectivity index (χ0n) is 15.7. The van der Waals surface area contributed by atoms with E-state index in [4.69, 9.17) is 9.84 Å². The first-order valence-electron chi connectivity index (χ1n) is 8.72. The van der Waals surface area contributed by atoms with Gasteiger partial charge in [-0.25, -0.2) is 4.79 Å². The summed E-state index contributed by atoms with van der Waals surface area (Å²) >= 11 is 0. The lowest BCUT2D eigenvalue weighted by Crippen LogP contribution is -2.46. The Morgan fingerprint density at radius 2 is 1.81 bits per heavy atom. The first-order valence-corrected chi connectivity index (χ1v) is 8.72. The molecule has 0 spiro atoms. The Labute approximate surface area is 154 Å². The molecule has 0 heterocycles. The van der Waals surface area contributed by atoms with Crippen molar-refractivity contribution in [2.24, 2.45) is 11.8 Å². The van der Waals surface area contributed by atoms with Gasteiger partial charge in [0.1, 0.15) is 11.8 Å². The van der Waals surface area contributed by atoms with Crippen molar-refractivity contribution in [2.45, 2.75) is 40.2 Å². The van der Waals surface area contributed by atoms with Crippen molar-refractivity contribution in [2.75, 3.05) is 13.2 Å². The summed E-state index contributed by atoms with van der Waals surface area (Å²) in [6, 6.07) is 5.72. The highest BCUT2D eigenvalue weighted by Gasteiger charge is 2.21. The van der Waals surface area contributed by atoms with Gasteiger partial charge in [-0.2, -0.15) is 0 Å². The van der Waals surface area contributed by atoms with Crippen LogP contribution in [-0.2, 0) is 9.59 Å². The lowest BCUT2D eigenvalue weighted by molar-refractivity contribution is -0.142. The van der Waals surface area contributed by atoms with Crippen molar-refractivity contribution in [3.8, 4) is 5.75 Å². The molecule has 7 nitrogen and oxygen atoms in total. The Morgan fingerprint density at radius 3 is 2.38 bits per heavy atom. The molecule has 0 fully saturated rings. The van der Waals surface area contributed by atoms with Gasteiger partial charge in [-0.15, -0.1) is 0 Å². The van der Waals surface area contributed by atoms with Crippen molar-refractivity contribution < 1.29 is 24.2 Å². The number of carboxylic acid groups (broad SMARTS) is 1. The average Bonchev–Trinajstić information content (AvgIpc) is 2.57. The third-order valence-electron chi connectivity index (χ3n) is 3.43. The van der Waals surface area contributed by atoms with Crippen molar-refractivity contribution in [3.05, 3.63) is 29.8 Å². The van der Waals surface area contributed by atoms with Crippen LogP contribution in [0.2, 0.25) is 0 Å². The predicted octanol–water partition coefficient (Wildman–Crippen LogP) is 2.07. The van der Waals surface area contributed by atoms with Gasteiger partial charge in [0.2, 0.25) is 5.91 Å². The number of carbonyl (C=O) groups is 3. The standard InChI is InChI=1S/C19H28N2O5/c1-12(2)8-16(19(24)25)21-17(22)10-20-18(23)14-6-5-7-15(9-14)26-11-13(3)4/h5-7,9,12-13,16H,8,10-11H2,1-4H3,(H,20,23)(H,21,22)(H,24,25)/t16-/m0/s1. The Hall–Kier alpha value is -2.57. The zero-order valence-corrected chi connectivity index (χ0v) is 15.7. The molecule has 144 valence electrons. The van der Waals surface area contributed by atoms with Gasteiger partial charge >= 0.3 is 5.97 Å². The van der Waals surface area contributed by atoms with E-state index in [0.717, 1.165) is 0 Å². The van der Waals surface area contributed by atoms with Gasteiger partial charge in [0.05, 0.1) is 13.2 Å². The van der Waals surface area contributed by atoms with Crippen molar-refractivity contribution in [1.29, 1.82) is 0 Å². The second-order valence-corrected chi connectivity index (χ2v) is 7.00. The van der Waals surface area contributed by atoms with Crippen LogP contribution in [0.4, 0.5) is 0 Å². The van der Waals surface area contributed by atoms with Gasteiger partial charge in [0, 0.05) is 5.56 Å². The maximum Gasteiger partial charge on any atom is 0.326 e. The normalized spacial score (nSPS) is 11.9. The van der Waals surface area contributed by atoms with Crippen molar-refractivity contribution in [1.82, 2.24) is 10.6 Å². The van der Waals surface area contributed by atoms with Gasteiger partial charge in [0.25, 0.3) is 5.91 Å². The van der Waals surface area contributed by atoms with Crippen LogP contribution in [0.15, 0.2) is 24.3 Å². The minimum Gasteiger partial charge on any atom is -0.493 e. The third kappa shape index (κ3) is 8.00. The molecule has 26 heavy (non-hydrogen) atoms. The van der Waals surface area contributed by atoms with Crippen LogP contribution in [0.1, 0.15) is 44.5 Å². The van der Waals surface area contributed by atoms with E-state index in [0.29, 0.717) is 30.3 Å². The molecule has 1 aromatic carbocycles. The summed E-state index contributed by atoms with van der Waals surface area (Å²) in [5, 5.41) is 14.0. The Kier molecular flexibility index (Phi) is 8.61. The van der Waals surface area contributed by atoms with Crippen LogP contribution in [0.25, 0.3) is 0 Å². The van der Waals surface area contributed by atoms with Crippen LogP contribution < -0.4 is 15.4 Å². The number of ether oxygens (including phenoxy) is 1. The number of rotatable bonds is 10. The molecule has 0 radical (unpaired) electrons. The monoisotopic (exact) mass is 364 g/mol. The van der Waals surface area contributed by atoms with Gasteiger partial charge in [0.15, 0.2) is 0 Å². The van der Waals surface area contributed by atoms with E-state index >= 15 is 0 Å². The quantitative estimate of drug-likeness (QED) is 0.589. The van der Waals surface area contributed by atoms with E-state index in [1.54, 1.807) is 24.3 Å². The molecule has 0 aliphatic carbocycles. The van der Waals surface area contributed by atoms with Crippen LogP contribution in [0, 0.1) is 11.8 Å². The molecule has 1 rings (SSSR count). The maximum absolute atomic E-state index is 12.2. The van der Waals surface area contributed by atoms with E-state index in [-0.39, 0.29) is 12.5 Å². The number of carboxylic acids is 1. The van der Waals surface area contributed by atoms with Gasteiger partial charge in [-0.3, -0.25) is 9.59 Å². The second kappa shape index (κ2) is 10.4. The first-order chi connectivity index (χ1) is 12.2. The molecule has 0 aromatic heterocycles. The molecule has 3 N–H and O–H groups in total. The number of benzene rings is 1. The summed E-state index contributed by atoms with van der Waals surface area (Å²) in [6.45, 7) is 8.05. The summed E-state index contributed by atoms with van der Waals surface area (Å²) in [5.74, 6) is -0.986. The molecule has 0 saturated heterocycles. The van der Waals surface area contributed by atoms with Crippen LogP contribution >= 0.6 is 0 Å². The molecule has 0 aliphatic heterocycles. The van der Waals surface area contributed by atoms with Crippen LogP contribution in [0.3, 0.4) is 0 Å². The van der Waals surface area contributed by atoms with E-state index in [2.05, 4.69) is 10.6 Å². The summed E-state index contributed by atoms with van der Waals surface area (Å²) in [6.07, 6.45) is 0.324. The lowest BCUT2D eigenvalue weighted by atomic mass is 10.0. The highest BCUT2D eigenvalue weighted by Crippen LogP contribution is 2.14. The lowest BCUT2D eigenvalue weighted by Gasteiger charge is -2.16. The fourth-order valence-electron chi connectivity index (χ4n) is 2.19. The second-order valence-electron chi connectivity index (χ2n) is 7.00. The minimum absolute atomic E-state index is 0.125. The largest absolute Gasteiger partial charge is 0.493 e. The first kappa shape index (κ1) is 21.5. The summed E-state index contributed by atoms with van der Waals surface area (Å²) < 4.78 is 5.58. The fourth-order valence-corrected chi connectivity index (χ4v) is 2.19. The Balaban J connectivity index is 2.56. The smallest absolute Gasteiger partial charge is 0.326 e. The third-order valence-corrected chi connectivity index (χ3v) is 3.43. The van der Waals surface area contributed by atoms with Gasteiger partial charge in [-0.05, 0) is 36.5 Å². The van der Waals surface area contributed by atoms with Gasteiger partial charge < -0.3 is 20.5 Å². The topological polar surface area (TPSA) is 105 Å². The maximum atomic E-state index is 12.2. The average molecular weight is 364 g/mol. The Morgan fingerprint density at radius 1 is 1.12 bits per heavy atom. The van der Waals surface area contributed by atoms with E-state index in [1.165, 1.54) is 0 Å². The molecule has 2 amide bonds. The Bertz CT molecular complexity index is 628. The van der Waals surface area contributed by atoms with E-state index in [1.807, 2.05) is 27.7 Å². The minimum atomic E-state index is -1.09. The molecule has 1 aromatic rings. The molecular formula is C19H28N2O5. The molecular weight excluding hydrogens is 336 g/mol. The summed E-state index contributed by atoms with van der Waals surface area (Å²) in [7, 11) is 0. The van der Waals surface area contributed by atoms with E-state index < -0.39 is 23.8 Å². The van der Waals surface area contributed by atoms with E-state index in [9.17, 15) is 14.4 Å². The molecule has 0 aliphatic rings. The molecule has 1 atom stereocenters. The number of amides is 2. The number of hydrogen-bond donors (Lipinski definition) is 3. The number of aliphatic carboxylic acids is 1. The molecule has 0 unspecified atom stereocenters. The highest BCUT2D eigenvalue weighted by atomic mass is 16.5. The predicted molar refractivity (Wildman–Crippen MR) is 98.1 cm³/mol.